The maximum absolute atomic E-state index is 12.4. The number of esters is 1. The van der Waals surface area contributed by atoms with E-state index in [-0.39, 0.29) is 24.5 Å². The first kappa shape index (κ1) is 21.6. The van der Waals surface area contributed by atoms with Crippen molar-refractivity contribution in [2.24, 2.45) is 0 Å². The summed E-state index contributed by atoms with van der Waals surface area (Å²) in [5.74, 6) is 0.319. The summed E-state index contributed by atoms with van der Waals surface area (Å²) in [5, 5.41) is 2.83. The van der Waals surface area contributed by atoms with Crippen LogP contribution in [0.25, 0.3) is 0 Å². The summed E-state index contributed by atoms with van der Waals surface area (Å²) >= 11 is 1.60. The third kappa shape index (κ3) is 9.18. The Labute approximate surface area is 166 Å². The Kier molecular flexibility index (Phi) is 8.48. The number of nitrogens with one attached hydrogen (secondary N) is 1. The molecular weight excluding hydrogens is 362 g/mol. The Hall–Kier alpha value is -1.69. The van der Waals surface area contributed by atoms with Crippen molar-refractivity contribution >= 4 is 23.8 Å². The molecule has 5 nitrogen and oxygen atoms in total. The van der Waals surface area contributed by atoms with E-state index >= 15 is 0 Å². The van der Waals surface area contributed by atoms with Crippen molar-refractivity contribution in [3.05, 3.63) is 30.3 Å². The summed E-state index contributed by atoms with van der Waals surface area (Å²) in [6.07, 6.45) is 4.98. The van der Waals surface area contributed by atoms with Crippen LogP contribution in [0.5, 0.6) is 0 Å². The van der Waals surface area contributed by atoms with Crippen LogP contribution in [-0.2, 0) is 14.3 Å². The average molecular weight is 394 g/mol. The number of hydrogen-bond donors (Lipinski definition) is 1. The van der Waals surface area contributed by atoms with Crippen LogP contribution in [0.2, 0.25) is 0 Å². The number of rotatable bonds is 7. The molecule has 1 aliphatic carbocycles. The van der Waals surface area contributed by atoms with Crippen LogP contribution in [0.4, 0.5) is 4.79 Å². The third-order valence-corrected chi connectivity index (χ3v) is 5.35. The summed E-state index contributed by atoms with van der Waals surface area (Å²) in [5.41, 5.74) is -0.580. The summed E-state index contributed by atoms with van der Waals surface area (Å²) in [7, 11) is 0. The fourth-order valence-corrected chi connectivity index (χ4v) is 3.90. The highest BCUT2D eigenvalue weighted by atomic mass is 32.2. The second kappa shape index (κ2) is 10.6. The predicted molar refractivity (Wildman–Crippen MR) is 108 cm³/mol. The van der Waals surface area contributed by atoms with Gasteiger partial charge in [-0.25, -0.2) is 4.79 Å². The number of thioether (sulfide) groups is 1. The van der Waals surface area contributed by atoms with E-state index in [9.17, 15) is 9.59 Å². The average Bonchev–Trinajstić information content (AvgIpc) is 2.59. The SMILES string of the molecule is CC(C)(C)OC(=O)N[C@H](CSc1ccccc1)CC(=O)OC1CCCCC1. The molecule has 1 aliphatic rings. The first-order valence-corrected chi connectivity index (χ1v) is 10.7. The molecule has 0 aromatic heterocycles. The monoisotopic (exact) mass is 393 g/mol. The Morgan fingerprint density at radius 3 is 2.44 bits per heavy atom. The Morgan fingerprint density at radius 1 is 1.15 bits per heavy atom. The summed E-state index contributed by atoms with van der Waals surface area (Å²) in [6.45, 7) is 5.45. The van der Waals surface area contributed by atoms with Gasteiger partial charge in [-0.2, -0.15) is 0 Å². The van der Waals surface area contributed by atoms with Gasteiger partial charge in [0.1, 0.15) is 11.7 Å². The quantitative estimate of drug-likeness (QED) is 0.525. The van der Waals surface area contributed by atoms with Crippen molar-refractivity contribution in [1.29, 1.82) is 0 Å². The molecular formula is C21H31NO4S. The van der Waals surface area contributed by atoms with Crippen molar-refractivity contribution in [1.82, 2.24) is 5.32 Å². The molecule has 1 aromatic rings. The van der Waals surface area contributed by atoms with Crippen LogP contribution >= 0.6 is 11.8 Å². The number of benzene rings is 1. The van der Waals surface area contributed by atoms with Gasteiger partial charge in [0.15, 0.2) is 0 Å². The minimum Gasteiger partial charge on any atom is -0.462 e. The second-order valence-corrected chi connectivity index (χ2v) is 9.01. The van der Waals surface area contributed by atoms with Gasteiger partial charge in [-0.15, -0.1) is 11.8 Å². The van der Waals surface area contributed by atoms with Crippen LogP contribution in [0.1, 0.15) is 59.3 Å². The van der Waals surface area contributed by atoms with Gasteiger partial charge in [-0.3, -0.25) is 4.79 Å². The van der Waals surface area contributed by atoms with E-state index in [1.165, 1.54) is 6.42 Å². The van der Waals surface area contributed by atoms with Crippen molar-refractivity contribution in [3.8, 4) is 0 Å². The number of amides is 1. The fourth-order valence-electron chi connectivity index (χ4n) is 2.96. The molecule has 1 N–H and O–H groups in total. The van der Waals surface area contributed by atoms with Crippen LogP contribution in [-0.4, -0.2) is 35.6 Å². The number of hydrogen-bond acceptors (Lipinski definition) is 5. The maximum Gasteiger partial charge on any atom is 0.407 e. The highest BCUT2D eigenvalue weighted by Crippen LogP contribution is 2.22. The Morgan fingerprint density at radius 2 is 1.81 bits per heavy atom. The number of carbonyl (C=O) groups is 2. The lowest BCUT2D eigenvalue weighted by molar-refractivity contribution is -0.150. The molecule has 1 fully saturated rings. The zero-order chi connectivity index (χ0) is 19.7. The zero-order valence-corrected chi connectivity index (χ0v) is 17.3. The van der Waals surface area contributed by atoms with Gasteiger partial charge >= 0.3 is 12.1 Å². The largest absolute Gasteiger partial charge is 0.462 e. The number of carbonyl (C=O) groups excluding carboxylic acids is 2. The third-order valence-electron chi connectivity index (χ3n) is 4.18. The van der Waals surface area contributed by atoms with Crippen LogP contribution in [0.15, 0.2) is 35.2 Å². The molecule has 2 rings (SSSR count). The van der Waals surface area contributed by atoms with E-state index in [0.717, 1.165) is 30.6 Å². The van der Waals surface area contributed by atoms with Gasteiger partial charge in [0.05, 0.1) is 12.5 Å². The zero-order valence-electron chi connectivity index (χ0n) is 16.5. The molecule has 0 radical (unpaired) electrons. The van der Waals surface area contributed by atoms with E-state index in [1.807, 2.05) is 51.1 Å². The molecule has 150 valence electrons. The van der Waals surface area contributed by atoms with E-state index in [1.54, 1.807) is 11.8 Å². The lowest BCUT2D eigenvalue weighted by Gasteiger charge is -2.25. The first-order valence-electron chi connectivity index (χ1n) is 9.69. The number of alkyl carbamates (subject to hydrolysis) is 1. The Bertz CT molecular complexity index is 594. The van der Waals surface area contributed by atoms with E-state index < -0.39 is 11.7 Å². The van der Waals surface area contributed by atoms with Gasteiger partial charge < -0.3 is 14.8 Å². The van der Waals surface area contributed by atoms with Gasteiger partial charge in [-0.1, -0.05) is 24.6 Å². The fraction of sp³-hybridized carbons (Fsp3) is 0.619. The lowest BCUT2D eigenvalue weighted by Crippen LogP contribution is -2.42. The molecule has 0 saturated heterocycles. The van der Waals surface area contributed by atoms with Crippen molar-refractivity contribution in [3.63, 3.8) is 0 Å². The summed E-state index contributed by atoms with van der Waals surface area (Å²) < 4.78 is 11.0. The van der Waals surface area contributed by atoms with Crippen molar-refractivity contribution in [2.45, 2.75) is 81.9 Å². The van der Waals surface area contributed by atoms with Gasteiger partial charge in [0.2, 0.25) is 0 Å². The van der Waals surface area contributed by atoms with Gasteiger partial charge in [0.25, 0.3) is 0 Å². The second-order valence-electron chi connectivity index (χ2n) is 7.92. The van der Waals surface area contributed by atoms with Crippen LogP contribution in [0, 0.1) is 0 Å². The standard InChI is InChI=1S/C21H31NO4S/c1-21(2,3)26-20(24)22-16(15-27-18-12-8-5-9-13-18)14-19(23)25-17-10-6-4-7-11-17/h5,8-9,12-13,16-17H,4,6-7,10-11,14-15H2,1-3H3,(H,22,24)/t16-/m0/s1. The Balaban J connectivity index is 1.90. The first-order chi connectivity index (χ1) is 12.8. The van der Waals surface area contributed by atoms with Crippen molar-refractivity contribution in [2.75, 3.05) is 5.75 Å². The van der Waals surface area contributed by atoms with Gasteiger partial charge in [-0.05, 0) is 58.6 Å². The minimum atomic E-state index is -0.580. The molecule has 27 heavy (non-hydrogen) atoms. The molecule has 1 saturated carbocycles. The molecule has 1 amide bonds. The molecule has 1 atom stereocenters. The van der Waals surface area contributed by atoms with Crippen LogP contribution in [0.3, 0.4) is 0 Å². The van der Waals surface area contributed by atoms with Crippen molar-refractivity contribution < 1.29 is 19.1 Å². The molecule has 0 heterocycles. The minimum absolute atomic E-state index is 0.0233. The smallest absolute Gasteiger partial charge is 0.407 e. The van der Waals surface area contributed by atoms with E-state index in [0.29, 0.717) is 5.75 Å². The highest BCUT2D eigenvalue weighted by molar-refractivity contribution is 7.99. The normalized spacial score (nSPS) is 16.4. The molecule has 0 spiro atoms. The summed E-state index contributed by atoms with van der Waals surface area (Å²) in [6, 6.07) is 9.57. The molecule has 0 bridgehead atoms. The maximum atomic E-state index is 12.4. The topological polar surface area (TPSA) is 64.6 Å². The predicted octanol–water partition coefficient (Wildman–Crippen LogP) is 4.94. The molecule has 0 unspecified atom stereocenters. The number of ether oxygens (including phenoxy) is 2. The van der Waals surface area contributed by atoms with E-state index in [4.69, 9.17) is 9.47 Å². The van der Waals surface area contributed by atoms with Crippen LogP contribution < -0.4 is 5.32 Å². The highest BCUT2D eigenvalue weighted by Gasteiger charge is 2.24. The molecule has 1 aromatic carbocycles. The lowest BCUT2D eigenvalue weighted by atomic mass is 9.98. The van der Waals surface area contributed by atoms with E-state index in [2.05, 4.69) is 5.32 Å². The molecule has 6 heteroatoms. The molecule has 0 aliphatic heterocycles. The summed E-state index contributed by atoms with van der Waals surface area (Å²) in [4.78, 5) is 25.6. The van der Waals surface area contributed by atoms with Gasteiger partial charge in [0, 0.05) is 10.6 Å².